The Morgan fingerprint density at radius 2 is 2.08 bits per heavy atom. The van der Waals surface area contributed by atoms with Crippen LogP contribution in [0.4, 0.5) is 14.6 Å². The SMILES string of the molecule is C=C(c1cc2ccc(-c3nccc(NC4C=CC(c5cn[nH]c5)=CC4)n3)cc2n1C)N1CCC2(C1)CC2(F)F. The summed E-state index contributed by atoms with van der Waals surface area (Å²) in [4.78, 5) is 11.3. The third-order valence-corrected chi connectivity index (χ3v) is 8.47. The number of likely N-dealkylation sites (tertiary alicyclic amines) is 1. The van der Waals surface area contributed by atoms with E-state index in [1.54, 1.807) is 6.20 Å². The van der Waals surface area contributed by atoms with Crippen LogP contribution in [0.2, 0.25) is 0 Å². The number of fused-ring (bicyclic) bond motifs is 1. The van der Waals surface area contributed by atoms with Crippen LogP contribution in [0.3, 0.4) is 0 Å². The smallest absolute Gasteiger partial charge is 0.256 e. The highest BCUT2D eigenvalue weighted by molar-refractivity contribution is 5.88. The third kappa shape index (κ3) is 4.04. The van der Waals surface area contributed by atoms with Gasteiger partial charge < -0.3 is 14.8 Å². The summed E-state index contributed by atoms with van der Waals surface area (Å²) < 4.78 is 29.9. The summed E-state index contributed by atoms with van der Waals surface area (Å²) >= 11 is 0. The van der Waals surface area contributed by atoms with Gasteiger partial charge >= 0.3 is 0 Å². The zero-order valence-corrected chi connectivity index (χ0v) is 21.7. The molecular formula is C30H29F2N7. The van der Waals surface area contributed by atoms with Crippen LogP contribution in [0.5, 0.6) is 0 Å². The van der Waals surface area contributed by atoms with Crippen molar-refractivity contribution in [2.24, 2.45) is 12.5 Å². The molecule has 1 aromatic carbocycles. The van der Waals surface area contributed by atoms with Gasteiger partial charge in [0.05, 0.1) is 23.0 Å². The average Bonchev–Trinajstić information content (AvgIpc) is 3.47. The number of aromatic amines is 1. The Labute approximate surface area is 225 Å². The monoisotopic (exact) mass is 525 g/mol. The molecule has 2 aliphatic carbocycles. The first-order chi connectivity index (χ1) is 18.8. The van der Waals surface area contributed by atoms with E-state index in [9.17, 15) is 8.78 Å². The topological polar surface area (TPSA) is 74.7 Å². The number of hydrogen-bond acceptors (Lipinski definition) is 5. The molecule has 1 saturated carbocycles. The summed E-state index contributed by atoms with van der Waals surface area (Å²) in [7, 11) is 1.99. The molecule has 0 amide bonds. The molecule has 1 saturated heterocycles. The van der Waals surface area contributed by atoms with Gasteiger partial charge in [-0.15, -0.1) is 0 Å². The van der Waals surface area contributed by atoms with Gasteiger partial charge in [0.1, 0.15) is 5.82 Å². The summed E-state index contributed by atoms with van der Waals surface area (Å²) in [5.41, 5.74) is 5.03. The van der Waals surface area contributed by atoms with Crippen molar-refractivity contribution < 1.29 is 8.78 Å². The largest absolute Gasteiger partial charge is 0.370 e. The average molecular weight is 526 g/mol. The number of hydrogen-bond donors (Lipinski definition) is 2. The number of nitrogens with zero attached hydrogens (tertiary/aromatic N) is 5. The Balaban J connectivity index is 1.09. The predicted octanol–water partition coefficient (Wildman–Crippen LogP) is 5.88. The van der Waals surface area contributed by atoms with Gasteiger partial charge in [-0.1, -0.05) is 36.9 Å². The number of halogens is 2. The van der Waals surface area contributed by atoms with Gasteiger partial charge in [-0.25, -0.2) is 18.7 Å². The highest BCUT2D eigenvalue weighted by Gasteiger charge is 2.72. The molecule has 7 nitrogen and oxygen atoms in total. The Morgan fingerprint density at radius 3 is 2.79 bits per heavy atom. The van der Waals surface area contributed by atoms with E-state index >= 15 is 0 Å². The first-order valence-electron chi connectivity index (χ1n) is 13.2. The minimum Gasteiger partial charge on any atom is -0.370 e. The normalized spacial score (nSPS) is 23.4. The van der Waals surface area contributed by atoms with Crippen LogP contribution in [-0.4, -0.2) is 54.7 Å². The molecule has 2 atom stereocenters. The Hall–Kier alpha value is -4.27. The molecule has 3 aromatic heterocycles. The van der Waals surface area contributed by atoms with E-state index in [1.165, 1.54) is 0 Å². The number of allylic oxidation sites excluding steroid dienone is 2. The van der Waals surface area contributed by atoms with Crippen molar-refractivity contribution in [1.29, 1.82) is 0 Å². The van der Waals surface area contributed by atoms with Crippen LogP contribution in [0.15, 0.2) is 73.7 Å². The number of aromatic nitrogens is 5. The van der Waals surface area contributed by atoms with E-state index in [4.69, 9.17) is 4.98 Å². The maximum Gasteiger partial charge on any atom is 0.256 e. The van der Waals surface area contributed by atoms with E-state index in [2.05, 4.69) is 68.1 Å². The second-order valence-corrected chi connectivity index (χ2v) is 10.9. The van der Waals surface area contributed by atoms with Crippen molar-refractivity contribution in [3.8, 4) is 11.4 Å². The lowest BCUT2D eigenvalue weighted by atomic mass is 9.99. The Kier molecular flexibility index (Phi) is 5.27. The number of alkyl halides is 2. The summed E-state index contributed by atoms with van der Waals surface area (Å²) in [6.45, 7) is 5.27. The quantitative estimate of drug-likeness (QED) is 0.329. The molecule has 2 N–H and O–H groups in total. The van der Waals surface area contributed by atoms with E-state index in [-0.39, 0.29) is 12.5 Å². The van der Waals surface area contributed by atoms with Crippen LogP contribution in [-0.2, 0) is 7.05 Å². The molecule has 4 aromatic rings. The molecule has 9 heteroatoms. The maximum atomic E-state index is 13.9. The van der Waals surface area contributed by atoms with Crippen molar-refractivity contribution in [2.75, 3.05) is 18.4 Å². The van der Waals surface area contributed by atoms with Crippen LogP contribution in [0.25, 0.3) is 33.6 Å². The lowest BCUT2D eigenvalue weighted by Gasteiger charge is -2.22. The number of aryl methyl sites for hydroxylation is 1. The summed E-state index contributed by atoms with van der Waals surface area (Å²) in [5.74, 6) is -1.14. The Morgan fingerprint density at radius 1 is 1.21 bits per heavy atom. The first kappa shape index (κ1) is 23.8. The van der Waals surface area contributed by atoms with Crippen molar-refractivity contribution in [2.45, 2.75) is 31.2 Å². The zero-order chi connectivity index (χ0) is 26.8. The molecule has 1 aliphatic heterocycles. The van der Waals surface area contributed by atoms with Gasteiger partial charge in [0.15, 0.2) is 5.82 Å². The van der Waals surface area contributed by atoms with Crippen molar-refractivity contribution in [3.63, 3.8) is 0 Å². The summed E-state index contributed by atoms with van der Waals surface area (Å²) in [6.07, 6.45) is 13.3. The molecule has 1 spiro atoms. The number of H-pyrrole nitrogens is 1. The molecule has 2 fully saturated rings. The van der Waals surface area contributed by atoms with E-state index < -0.39 is 11.3 Å². The molecule has 0 bridgehead atoms. The highest BCUT2D eigenvalue weighted by Crippen LogP contribution is 2.65. The summed E-state index contributed by atoms with van der Waals surface area (Å²) in [5, 5.41) is 11.4. The number of benzene rings is 1. The van der Waals surface area contributed by atoms with E-state index in [0.717, 1.165) is 51.2 Å². The number of nitrogens with one attached hydrogen (secondary N) is 2. The fourth-order valence-corrected chi connectivity index (χ4v) is 5.95. The van der Waals surface area contributed by atoms with E-state index in [1.807, 2.05) is 36.5 Å². The molecule has 39 heavy (non-hydrogen) atoms. The minimum absolute atomic E-state index is 0.00372. The zero-order valence-electron chi connectivity index (χ0n) is 21.7. The van der Waals surface area contributed by atoms with Crippen LogP contribution < -0.4 is 5.32 Å². The molecule has 7 rings (SSSR count). The molecule has 3 aliphatic rings. The molecule has 2 unspecified atom stereocenters. The summed E-state index contributed by atoms with van der Waals surface area (Å²) in [6, 6.07) is 10.2. The third-order valence-electron chi connectivity index (χ3n) is 8.47. The highest BCUT2D eigenvalue weighted by atomic mass is 19.3. The van der Waals surface area contributed by atoms with Gasteiger partial charge in [-0.3, -0.25) is 5.10 Å². The van der Waals surface area contributed by atoms with Gasteiger partial charge in [-0.05, 0) is 36.6 Å². The fraction of sp³-hybridized carbons (Fsp3) is 0.300. The molecule has 0 radical (unpaired) electrons. The van der Waals surface area contributed by atoms with Gasteiger partial charge in [0, 0.05) is 67.0 Å². The van der Waals surface area contributed by atoms with E-state index in [0.29, 0.717) is 25.3 Å². The molecule has 4 heterocycles. The number of anilines is 1. The van der Waals surface area contributed by atoms with Crippen LogP contribution >= 0.6 is 0 Å². The lowest BCUT2D eigenvalue weighted by Crippen LogP contribution is -2.22. The standard InChI is InChI=1S/C30H29F2N7/c1-19(39-12-10-29(18-39)17-30(29,31)32)25-13-21-3-4-22(14-26(21)38(25)2)28-33-11-9-27(37-28)36-24-7-5-20(6-8-24)23-15-34-35-16-23/h3-7,9,11,13-16,24H,1,8,10,12,17-18H2,2H3,(H,34,35)(H,33,36,37). The first-order valence-corrected chi connectivity index (χ1v) is 13.2. The second kappa shape index (κ2) is 8.62. The predicted molar refractivity (Wildman–Crippen MR) is 149 cm³/mol. The number of rotatable bonds is 6. The fourth-order valence-electron chi connectivity index (χ4n) is 5.95. The van der Waals surface area contributed by atoms with Crippen LogP contribution in [0, 0.1) is 5.41 Å². The van der Waals surface area contributed by atoms with Crippen molar-refractivity contribution in [3.05, 3.63) is 85.0 Å². The van der Waals surface area contributed by atoms with Gasteiger partial charge in [-0.2, -0.15) is 5.10 Å². The van der Waals surface area contributed by atoms with Crippen LogP contribution in [0.1, 0.15) is 30.5 Å². The van der Waals surface area contributed by atoms with Crippen molar-refractivity contribution in [1.82, 2.24) is 29.6 Å². The molecular weight excluding hydrogens is 496 g/mol. The van der Waals surface area contributed by atoms with Gasteiger partial charge in [0.25, 0.3) is 5.92 Å². The Bertz CT molecular complexity index is 1650. The lowest BCUT2D eigenvalue weighted by molar-refractivity contribution is 0.0682. The maximum absolute atomic E-state index is 13.9. The van der Waals surface area contributed by atoms with Crippen molar-refractivity contribution >= 4 is 28.0 Å². The molecule has 198 valence electrons. The second-order valence-electron chi connectivity index (χ2n) is 10.9. The van der Waals surface area contributed by atoms with Gasteiger partial charge in [0.2, 0.25) is 0 Å². The minimum atomic E-state index is -2.54.